The van der Waals surface area contributed by atoms with Gasteiger partial charge < -0.3 is 9.84 Å². The highest BCUT2D eigenvalue weighted by atomic mass is 16.5. The summed E-state index contributed by atoms with van der Waals surface area (Å²) < 4.78 is 6.04. The number of esters is 1. The molecule has 0 rings (SSSR count). The molecule has 1 unspecified atom stereocenters. The molecular formula is C48H90O4. The van der Waals surface area contributed by atoms with Gasteiger partial charge in [-0.25, -0.2) is 0 Å². The van der Waals surface area contributed by atoms with E-state index in [4.69, 9.17) is 9.84 Å². The second-order valence-electron chi connectivity index (χ2n) is 15.9. The number of carbonyl (C=O) groups excluding carboxylic acids is 1. The molecule has 0 spiro atoms. The van der Waals surface area contributed by atoms with Crippen LogP contribution in [0.15, 0.2) is 24.3 Å². The van der Waals surface area contributed by atoms with Gasteiger partial charge >= 0.3 is 11.9 Å². The van der Waals surface area contributed by atoms with Gasteiger partial charge in [-0.1, -0.05) is 205 Å². The number of aliphatic carboxylic acids is 1. The zero-order valence-electron chi connectivity index (χ0n) is 35.1. The molecule has 0 fully saturated rings. The highest BCUT2D eigenvalue weighted by Crippen LogP contribution is 2.19. The Morgan fingerprint density at radius 2 is 0.750 bits per heavy atom. The van der Waals surface area contributed by atoms with Gasteiger partial charge in [0.25, 0.3) is 0 Å². The molecular weight excluding hydrogens is 641 g/mol. The first-order chi connectivity index (χ1) is 25.6. The molecule has 52 heavy (non-hydrogen) atoms. The fourth-order valence-corrected chi connectivity index (χ4v) is 7.22. The van der Waals surface area contributed by atoms with Crippen LogP contribution in [0.1, 0.15) is 264 Å². The second-order valence-corrected chi connectivity index (χ2v) is 15.9. The highest BCUT2D eigenvalue weighted by molar-refractivity contribution is 5.69. The van der Waals surface area contributed by atoms with Gasteiger partial charge in [-0.15, -0.1) is 0 Å². The van der Waals surface area contributed by atoms with Crippen LogP contribution in [0.25, 0.3) is 0 Å². The molecule has 0 aromatic rings. The number of carboxylic acids is 1. The average Bonchev–Trinajstić information content (AvgIpc) is 3.13. The van der Waals surface area contributed by atoms with Crippen molar-refractivity contribution < 1.29 is 19.4 Å². The molecule has 4 nitrogen and oxygen atoms in total. The zero-order valence-corrected chi connectivity index (χ0v) is 35.1. The first-order valence-corrected chi connectivity index (χ1v) is 23.3. The number of ether oxygens (including phenoxy) is 1. The molecule has 0 amide bonds. The predicted octanol–water partition coefficient (Wildman–Crippen LogP) is 16.3. The summed E-state index contributed by atoms with van der Waals surface area (Å²) in [7, 11) is 0. The van der Waals surface area contributed by atoms with Crippen LogP contribution in [0.5, 0.6) is 0 Å². The van der Waals surface area contributed by atoms with Gasteiger partial charge in [-0.2, -0.15) is 0 Å². The van der Waals surface area contributed by atoms with Crippen LogP contribution < -0.4 is 0 Å². The first-order valence-electron chi connectivity index (χ1n) is 23.3. The molecule has 0 aliphatic carbocycles. The Morgan fingerprint density at radius 3 is 1.15 bits per heavy atom. The van der Waals surface area contributed by atoms with Gasteiger partial charge in [-0.3, -0.25) is 9.59 Å². The fourth-order valence-electron chi connectivity index (χ4n) is 7.22. The summed E-state index contributed by atoms with van der Waals surface area (Å²) in [6.07, 6.45) is 56.4. The standard InChI is InChI=1S/C48H90O4/c1-3-5-7-9-11-13-15-17-19-21-22-24-26-28-30-32-37-41-45-48(51)52-46(43-39-35-33-36-40-44-47(49)50)42-38-34-31-29-27-25-23-20-18-16-14-12-10-8-6-4-2/h13,15,19,21,46H,3-12,14,16-18,20,22-45H2,1-2H3,(H,49,50)/b15-13-,21-19-. The van der Waals surface area contributed by atoms with Gasteiger partial charge in [0.15, 0.2) is 0 Å². The molecule has 1 N–H and O–H groups in total. The number of carbonyl (C=O) groups is 2. The van der Waals surface area contributed by atoms with E-state index in [0.29, 0.717) is 6.42 Å². The zero-order chi connectivity index (χ0) is 37.8. The third-order valence-corrected chi connectivity index (χ3v) is 10.7. The minimum Gasteiger partial charge on any atom is -0.481 e. The lowest BCUT2D eigenvalue weighted by Gasteiger charge is -2.18. The van der Waals surface area contributed by atoms with Gasteiger partial charge in [0, 0.05) is 12.8 Å². The Balaban J connectivity index is 3.98. The van der Waals surface area contributed by atoms with Crippen LogP contribution >= 0.6 is 0 Å². The van der Waals surface area contributed by atoms with E-state index in [1.807, 2.05) is 0 Å². The van der Waals surface area contributed by atoms with E-state index in [-0.39, 0.29) is 18.5 Å². The lowest BCUT2D eigenvalue weighted by molar-refractivity contribution is -0.150. The Kier molecular flexibility index (Phi) is 42.5. The summed E-state index contributed by atoms with van der Waals surface area (Å²) in [4.78, 5) is 23.5. The van der Waals surface area contributed by atoms with Crippen LogP contribution in [0, 0.1) is 0 Å². The molecule has 0 aromatic carbocycles. The average molecular weight is 731 g/mol. The van der Waals surface area contributed by atoms with Crippen molar-refractivity contribution in [1.82, 2.24) is 0 Å². The molecule has 0 bridgehead atoms. The SMILES string of the molecule is CCCCCC/C=C\C/C=C\CCCCCCCCCC(=O)OC(CCCCCCCCCCCCCCCCCC)CCCCCCCC(=O)O. The molecule has 1 atom stereocenters. The fraction of sp³-hybridized carbons (Fsp3) is 0.875. The monoisotopic (exact) mass is 731 g/mol. The molecule has 0 saturated carbocycles. The van der Waals surface area contributed by atoms with E-state index in [1.165, 1.54) is 167 Å². The Hall–Kier alpha value is -1.58. The number of hydrogen-bond donors (Lipinski definition) is 1. The maximum absolute atomic E-state index is 12.7. The van der Waals surface area contributed by atoms with Crippen molar-refractivity contribution in [2.24, 2.45) is 0 Å². The van der Waals surface area contributed by atoms with Crippen molar-refractivity contribution in [3.63, 3.8) is 0 Å². The van der Waals surface area contributed by atoms with E-state index in [2.05, 4.69) is 38.2 Å². The Labute approximate surface area is 325 Å². The number of unbranched alkanes of at least 4 members (excludes halogenated alkanes) is 30. The number of carboxylic acid groups (broad SMARTS) is 1. The summed E-state index contributed by atoms with van der Waals surface area (Å²) in [6.45, 7) is 4.55. The van der Waals surface area contributed by atoms with Crippen molar-refractivity contribution in [3.8, 4) is 0 Å². The normalized spacial score (nSPS) is 12.3. The molecule has 306 valence electrons. The smallest absolute Gasteiger partial charge is 0.306 e. The number of allylic oxidation sites excluding steroid dienone is 4. The maximum atomic E-state index is 12.7. The summed E-state index contributed by atoms with van der Waals surface area (Å²) in [5.74, 6) is -0.697. The molecule has 0 saturated heterocycles. The van der Waals surface area contributed by atoms with Crippen molar-refractivity contribution in [2.45, 2.75) is 270 Å². The summed E-state index contributed by atoms with van der Waals surface area (Å²) >= 11 is 0. The highest BCUT2D eigenvalue weighted by Gasteiger charge is 2.14. The van der Waals surface area contributed by atoms with Crippen molar-refractivity contribution in [1.29, 1.82) is 0 Å². The van der Waals surface area contributed by atoms with E-state index in [1.54, 1.807) is 0 Å². The van der Waals surface area contributed by atoms with E-state index >= 15 is 0 Å². The van der Waals surface area contributed by atoms with Crippen LogP contribution in [0.2, 0.25) is 0 Å². The number of hydrogen-bond acceptors (Lipinski definition) is 3. The van der Waals surface area contributed by atoms with Gasteiger partial charge in [0.2, 0.25) is 0 Å². The quantitative estimate of drug-likeness (QED) is 0.0385. The minimum atomic E-state index is -0.698. The molecule has 0 radical (unpaired) electrons. The van der Waals surface area contributed by atoms with E-state index < -0.39 is 5.97 Å². The number of rotatable bonds is 43. The minimum absolute atomic E-state index is 0.000997. The van der Waals surface area contributed by atoms with Crippen molar-refractivity contribution >= 4 is 11.9 Å². The largest absolute Gasteiger partial charge is 0.481 e. The van der Waals surface area contributed by atoms with Crippen LogP contribution in [-0.2, 0) is 14.3 Å². The Bertz CT molecular complexity index is 787. The van der Waals surface area contributed by atoms with Gasteiger partial charge in [0.1, 0.15) is 6.10 Å². The summed E-state index contributed by atoms with van der Waals surface area (Å²) in [5.41, 5.74) is 0. The van der Waals surface area contributed by atoms with Crippen LogP contribution in [0.3, 0.4) is 0 Å². The first kappa shape index (κ1) is 50.4. The van der Waals surface area contributed by atoms with Crippen molar-refractivity contribution in [2.75, 3.05) is 0 Å². The summed E-state index contributed by atoms with van der Waals surface area (Å²) in [5, 5.41) is 8.85. The van der Waals surface area contributed by atoms with Crippen LogP contribution in [0.4, 0.5) is 0 Å². The molecule has 4 heteroatoms. The topological polar surface area (TPSA) is 63.6 Å². The lowest BCUT2D eigenvalue weighted by atomic mass is 10.0. The van der Waals surface area contributed by atoms with E-state index in [9.17, 15) is 9.59 Å². The third kappa shape index (κ3) is 42.8. The Morgan fingerprint density at radius 1 is 0.423 bits per heavy atom. The van der Waals surface area contributed by atoms with E-state index in [0.717, 1.165) is 70.6 Å². The molecule has 0 aliphatic heterocycles. The maximum Gasteiger partial charge on any atom is 0.306 e. The molecule has 0 aromatic heterocycles. The third-order valence-electron chi connectivity index (χ3n) is 10.7. The second kappa shape index (κ2) is 43.8. The predicted molar refractivity (Wildman–Crippen MR) is 227 cm³/mol. The summed E-state index contributed by atoms with van der Waals surface area (Å²) in [6, 6.07) is 0. The lowest BCUT2D eigenvalue weighted by Crippen LogP contribution is -2.18. The van der Waals surface area contributed by atoms with Crippen molar-refractivity contribution in [3.05, 3.63) is 24.3 Å². The molecule has 0 heterocycles. The van der Waals surface area contributed by atoms with Gasteiger partial charge in [0.05, 0.1) is 0 Å². The van der Waals surface area contributed by atoms with Gasteiger partial charge in [-0.05, 0) is 70.6 Å². The van der Waals surface area contributed by atoms with Crippen LogP contribution in [-0.4, -0.2) is 23.1 Å². The molecule has 0 aliphatic rings.